The van der Waals surface area contributed by atoms with Crippen LogP contribution in [-0.4, -0.2) is 43.5 Å². The summed E-state index contributed by atoms with van der Waals surface area (Å²) >= 11 is 3.12. The summed E-state index contributed by atoms with van der Waals surface area (Å²) in [4.78, 5) is 19.8. The maximum absolute atomic E-state index is 13.6. The lowest BCUT2D eigenvalue weighted by Crippen LogP contribution is -2.31. The van der Waals surface area contributed by atoms with Crippen molar-refractivity contribution in [1.29, 1.82) is 0 Å². The fourth-order valence-corrected chi connectivity index (χ4v) is 9.57. The van der Waals surface area contributed by atoms with Gasteiger partial charge < -0.3 is 14.8 Å². The summed E-state index contributed by atoms with van der Waals surface area (Å²) in [5.41, 5.74) is 4.34. The highest BCUT2D eigenvalue weighted by Gasteiger charge is 2.26. The van der Waals surface area contributed by atoms with Crippen LogP contribution in [-0.2, 0) is 16.4 Å². The van der Waals surface area contributed by atoms with E-state index in [0.29, 0.717) is 30.1 Å². The summed E-state index contributed by atoms with van der Waals surface area (Å²) in [6, 6.07) is 20.2. The van der Waals surface area contributed by atoms with Gasteiger partial charge >= 0.3 is 0 Å². The molecule has 1 N–H and O–H groups in total. The summed E-state index contributed by atoms with van der Waals surface area (Å²) < 4.78 is 40.2. The Balaban J connectivity index is 1.19. The maximum atomic E-state index is 13.6. The van der Waals surface area contributed by atoms with E-state index in [1.54, 1.807) is 27.8 Å². The molecule has 0 radical (unpaired) electrons. The topological polar surface area (TPSA) is 97.8 Å². The number of benzene rings is 3. The van der Waals surface area contributed by atoms with E-state index in [0.717, 1.165) is 74.0 Å². The molecule has 8 nitrogen and oxygen atoms in total. The Bertz CT molecular complexity index is 1920. The predicted molar refractivity (Wildman–Crippen MR) is 175 cm³/mol. The van der Waals surface area contributed by atoms with Crippen molar-refractivity contribution in [3.05, 3.63) is 88.3 Å². The lowest BCUT2D eigenvalue weighted by Gasteiger charge is -2.20. The number of nitrogens with one attached hydrogen (secondary N) is 1. The summed E-state index contributed by atoms with van der Waals surface area (Å²) in [6.45, 7) is 3.36. The van der Waals surface area contributed by atoms with Gasteiger partial charge in [-0.15, -0.1) is 22.7 Å². The smallest absolute Gasteiger partial charge is 0.256 e. The number of carbonyl (C=O) groups excluding carboxylic acids is 1. The van der Waals surface area contributed by atoms with E-state index in [1.807, 2.05) is 42.5 Å². The van der Waals surface area contributed by atoms with Crippen molar-refractivity contribution in [2.45, 2.75) is 43.9 Å². The second kappa shape index (κ2) is 12.0. The van der Waals surface area contributed by atoms with Gasteiger partial charge in [0.15, 0.2) is 11.5 Å². The van der Waals surface area contributed by atoms with Crippen molar-refractivity contribution in [2.24, 2.45) is 0 Å². The number of para-hydroxylation sites is 1. The molecule has 0 unspecified atom stereocenters. The molecule has 4 heterocycles. The minimum absolute atomic E-state index is 0.212. The standard InChI is InChI=1S/C33H31N3O5S3/c1-21-29(19-22-10-15-26-27(18-22)41-20-40-26)43-33(30(21)32-34-25-8-4-5-9-28(25)42-32)35-31(37)23-11-13-24(14-12-23)44(38,39)36-16-6-2-3-7-17-36/h4-5,8-15,18H,2-3,6-7,16-17,19-20H2,1H3,(H,35,37). The highest BCUT2D eigenvalue weighted by atomic mass is 32.2. The van der Waals surface area contributed by atoms with Gasteiger partial charge in [-0.3, -0.25) is 4.79 Å². The number of anilines is 1. The van der Waals surface area contributed by atoms with Crippen LogP contribution in [0.1, 0.15) is 52.0 Å². The third-order valence-corrected chi connectivity index (χ3v) is 12.3. The Hall–Kier alpha value is -3.77. The van der Waals surface area contributed by atoms with Gasteiger partial charge in [0.05, 0.1) is 15.1 Å². The minimum atomic E-state index is -3.60. The molecule has 2 aliphatic heterocycles. The van der Waals surface area contributed by atoms with E-state index >= 15 is 0 Å². The van der Waals surface area contributed by atoms with Crippen LogP contribution in [0.25, 0.3) is 20.8 Å². The first-order valence-electron chi connectivity index (χ1n) is 14.6. The molecule has 0 atom stereocenters. The average molecular weight is 646 g/mol. The highest BCUT2D eigenvalue weighted by molar-refractivity contribution is 7.89. The number of fused-ring (bicyclic) bond motifs is 2. The second-order valence-corrected chi connectivity index (χ2v) is 15.1. The van der Waals surface area contributed by atoms with Crippen LogP contribution in [0.5, 0.6) is 11.5 Å². The van der Waals surface area contributed by atoms with E-state index in [-0.39, 0.29) is 17.6 Å². The maximum Gasteiger partial charge on any atom is 0.256 e. The van der Waals surface area contributed by atoms with Crippen LogP contribution in [0.15, 0.2) is 71.6 Å². The van der Waals surface area contributed by atoms with Crippen molar-refractivity contribution in [2.75, 3.05) is 25.2 Å². The summed E-state index contributed by atoms with van der Waals surface area (Å²) in [6.07, 6.45) is 4.49. The molecule has 2 aliphatic rings. The van der Waals surface area contributed by atoms with Gasteiger partial charge in [0.25, 0.3) is 5.91 Å². The quantitative estimate of drug-likeness (QED) is 0.197. The molecule has 0 bridgehead atoms. The highest BCUT2D eigenvalue weighted by Crippen LogP contribution is 2.45. The van der Waals surface area contributed by atoms with Gasteiger partial charge in [-0.25, -0.2) is 13.4 Å². The molecule has 0 spiro atoms. The normalized spacial score (nSPS) is 15.4. The molecule has 1 amide bonds. The van der Waals surface area contributed by atoms with Gasteiger partial charge in [0, 0.05) is 35.5 Å². The molecule has 0 saturated carbocycles. The predicted octanol–water partition coefficient (Wildman–Crippen LogP) is 7.47. The molecule has 1 saturated heterocycles. The molecule has 3 aromatic carbocycles. The molecule has 1 fully saturated rings. The van der Waals surface area contributed by atoms with Crippen molar-refractivity contribution < 1.29 is 22.7 Å². The molecule has 2 aromatic heterocycles. The lowest BCUT2D eigenvalue weighted by molar-refractivity contribution is 0.102. The Labute approximate surface area is 264 Å². The van der Waals surface area contributed by atoms with Gasteiger partial charge in [-0.05, 0) is 79.4 Å². The summed E-state index contributed by atoms with van der Waals surface area (Å²) in [5, 5.41) is 4.68. The second-order valence-electron chi connectivity index (χ2n) is 11.0. The number of hydrogen-bond donors (Lipinski definition) is 1. The number of amides is 1. The van der Waals surface area contributed by atoms with Gasteiger partial charge in [-0.2, -0.15) is 4.31 Å². The van der Waals surface area contributed by atoms with Crippen LogP contribution >= 0.6 is 22.7 Å². The number of rotatable bonds is 7. The molecule has 5 aromatic rings. The van der Waals surface area contributed by atoms with Crippen molar-refractivity contribution in [3.63, 3.8) is 0 Å². The Morgan fingerprint density at radius 3 is 2.45 bits per heavy atom. The number of aromatic nitrogens is 1. The monoisotopic (exact) mass is 645 g/mol. The first-order valence-corrected chi connectivity index (χ1v) is 17.7. The number of sulfonamides is 1. The SMILES string of the molecule is Cc1c(Cc2ccc3c(c2)OCO3)sc(NC(=O)c2ccc(S(=O)(=O)N3CCCCCC3)cc2)c1-c1nc2ccccc2s1. The van der Waals surface area contributed by atoms with Crippen LogP contribution < -0.4 is 14.8 Å². The first-order chi connectivity index (χ1) is 21.4. The molecular formula is C33H31N3O5S3. The zero-order valence-electron chi connectivity index (χ0n) is 24.2. The number of nitrogens with zero attached hydrogens (tertiary/aromatic N) is 2. The Kier molecular flexibility index (Phi) is 7.88. The molecular weight excluding hydrogens is 615 g/mol. The zero-order valence-corrected chi connectivity index (χ0v) is 26.6. The molecule has 226 valence electrons. The molecule has 44 heavy (non-hydrogen) atoms. The van der Waals surface area contributed by atoms with Crippen LogP contribution in [0.4, 0.5) is 5.00 Å². The van der Waals surface area contributed by atoms with E-state index < -0.39 is 10.0 Å². The van der Waals surface area contributed by atoms with Crippen molar-refractivity contribution in [1.82, 2.24) is 9.29 Å². The van der Waals surface area contributed by atoms with Crippen LogP contribution in [0, 0.1) is 6.92 Å². The van der Waals surface area contributed by atoms with Crippen molar-refractivity contribution in [3.8, 4) is 22.1 Å². The zero-order chi connectivity index (χ0) is 30.3. The third kappa shape index (κ3) is 5.61. The Morgan fingerprint density at radius 2 is 1.68 bits per heavy atom. The largest absolute Gasteiger partial charge is 0.454 e. The number of carbonyl (C=O) groups is 1. The van der Waals surface area contributed by atoms with E-state index in [4.69, 9.17) is 14.5 Å². The van der Waals surface area contributed by atoms with Crippen LogP contribution in [0.2, 0.25) is 0 Å². The third-order valence-electron chi connectivity index (χ3n) is 8.10. The van der Waals surface area contributed by atoms with Crippen LogP contribution in [0.3, 0.4) is 0 Å². The van der Waals surface area contributed by atoms with E-state index in [9.17, 15) is 13.2 Å². The molecule has 11 heteroatoms. The molecule has 7 rings (SSSR count). The number of thiazole rings is 1. The molecule has 0 aliphatic carbocycles. The van der Waals surface area contributed by atoms with E-state index in [2.05, 4.69) is 12.2 Å². The Morgan fingerprint density at radius 1 is 0.932 bits per heavy atom. The fraction of sp³-hybridized carbons (Fsp3) is 0.273. The van der Waals surface area contributed by atoms with E-state index in [1.165, 1.54) is 23.5 Å². The average Bonchev–Trinajstić information content (AvgIpc) is 3.67. The number of hydrogen-bond acceptors (Lipinski definition) is 8. The summed E-state index contributed by atoms with van der Waals surface area (Å²) in [5.74, 6) is 1.17. The van der Waals surface area contributed by atoms with Gasteiger partial charge in [0.2, 0.25) is 16.8 Å². The minimum Gasteiger partial charge on any atom is -0.454 e. The number of thiophene rings is 1. The van der Waals surface area contributed by atoms with Gasteiger partial charge in [-0.1, -0.05) is 31.0 Å². The lowest BCUT2D eigenvalue weighted by atomic mass is 10.1. The number of ether oxygens (including phenoxy) is 2. The summed E-state index contributed by atoms with van der Waals surface area (Å²) in [7, 11) is -3.60. The fourth-order valence-electron chi connectivity index (χ4n) is 5.67. The van der Waals surface area contributed by atoms with Gasteiger partial charge in [0.1, 0.15) is 10.0 Å². The van der Waals surface area contributed by atoms with Crippen molar-refractivity contribution >= 4 is 53.8 Å². The first kappa shape index (κ1) is 29.0.